The third-order valence-corrected chi connectivity index (χ3v) is 8.99. The van der Waals surface area contributed by atoms with Crippen LogP contribution in [0.2, 0.25) is 15.1 Å². The van der Waals surface area contributed by atoms with Crippen molar-refractivity contribution in [3.05, 3.63) is 66.9 Å². The molecule has 12 heteroatoms. The number of amides is 2. The van der Waals surface area contributed by atoms with Crippen molar-refractivity contribution in [2.45, 2.75) is 19.4 Å². The van der Waals surface area contributed by atoms with E-state index in [0.29, 0.717) is 43.7 Å². The maximum absolute atomic E-state index is 13.6. The minimum atomic E-state index is -0.448. The molecule has 0 aliphatic carbocycles. The minimum Gasteiger partial charge on any atom is -0.370 e. The van der Waals surface area contributed by atoms with Crippen LogP contribution in [0.3, 0.4) is 0 Å². The van der Waals surface area contributed by atoms with Gasteiger partial charge in [0.05, 0.1) is 27.0 Å². The average molecular weight is 608 g/mol. The van der Waals surface area contributed by atoms with Crippen LogP contribution < -0.4 is 15.5 Å². The Hall–Kier alpha value is -2.40. The lowest BCUT2D eigenvalue weighted by Gasteiger charge is -2.32. The molecular weight excluding hydrogens is 579 g/mol. The molecule has 0 unspecified atom stereocenters. The number of thiophene rings is 1. The molecular formula is C27H29Cl3N6O2S. The molecule has 2 amide bonds. The van der Waals surface area contributed by atoms with E-state index in [9.17, 15) is 9.59 Å². The molecule has 206 valence electrons. The van der Waals surface area contributed by atoms with Crippen molar-refractivity contribution in [2.75, 3.05) is 61.8 Å². The number of pyridine rings is 1. The van der Waals surface area contributed by atoms with Gasteiger partial charge in [0, 0.05) is 57.0 Å². The van der Waals surface area contributed by atoms with Crippen LogP contribution in [0.25, 0.3) is 0 Å². The smallest absolute Gasteiger partial charge is 0.267 e. The van der Waals surface area contributed by atoms with Crippen molar-refractivity contribution in [1.29, 1.82) is 0 Å². The number of carbonyl (C=O) groups is 2. The number of halogens is 3. The van der Waals surface area contributed by atoms with Crippen molar-refractivity contribution in [1.82, 2.24) is 14.8 Å². The van der Waals surface area contributed by atoms with E-state index in [0.717, 1.165) is 57.7 Å². The third kappa shape index (κ3) is 6.67. The van der Waals surface area contributed by atoms with Crippen LogP contribution in [0, 0.1) is 0 Å². The Balaban J connectivity index is 1.42. The van der Waals surface area contributed by atoms with E-state index >= 15 is 0 Å². The maximum atomic E-state index is 13.6. The van der Waals surface area contributed by atoms with E-state index in [1.54, 1.807) is 24.3 Å². The first-order valence-corrected chi connectivity index (χ1v) is 14.8. The highest BCUT2D eigenvalue weighted by Crippen LogP contribution is 2.37. The normalized spacial score (nSPS) is 16.5. The number of benzene rings is 1. The zero-order valence-electron chi connectivity index (χ0n) is 21.5. The van der Waals surface area contributed by atoms with Gasteiger partial charge in [-0.15, -0.1) is 11.3 Å². The molecule has 4 heterocycles. The Bertz CT molecular complexity index is 1350. The topological polar surface area (TPSA) is 80.8 Å². The predicted molar refractivity (Wildman–Crippen MR) is 160 cm³/mol. The van der Waals surface area contributed by atoms with Gasteiger partial charge in [-0.25, -0.2) is 4.98 Å². The van der Waals surface area contributed by atoms with E-state index in [1.165, 1.54) is 17.5 Å². The number of aromatic nitrogens is 1. The zero-order chi connectivity index (χ0) is 27.5. The molecule has 0 bridgehead atoms. The average Bonchev–Trinajstić information content (AvgIpc) is 3.58. The Morgan fingerprint density at radius 3 is 2.38 bits per heavy atom. The summed E-state index contributed by atoms with van der Waals surface area (Å²) in [6.07, 6.45) is 3.48. The quantitative estimate of drug-likeness (QED) is 0.345. The molecule has 5 rings (SSSR count). The van der Waals surface area contributed by atoms with Gasteiger partial charge in [0.2, 0.25) is 0 Å². The second-order valence-corrected chi connectivity index (χ2v) is 11.9. The summed E-state index contributed by atoms with van der Waals surface area (Å²) in [6.45, 7) is 6.21. The van der Waals surface area contributed by atoms with Crippen molar-refractivity contribution in [3.63, 3.8) is 0 Å². The van der Waals surface area contributed by atoms with Gasteiger partial charge in [-0.1, -0.05) is 34.8 Å². The molecule has 1 aromatic carbocycles. The Labute approximate surface area is 246 Å². The Kier molecular flexibility index (Phi) is 8.96. The summed E-state index contributed by atoms with van der Waals surface area (Å²) < 4.78 is 0. The fourth-order valence-electron chi connectivity index (χ4n) is 4.80. The number of anilines is 3. The van der Waals surface area contributed by atoms with E-state index in [2.05, 4.69) is 37.4 Å². The highest BCUT2D eigenvalue weighted by molar-refractivity contribution is 7.13. The largest absolute Gasteiger partial charge is 0.370 e. The Morgan fingerprint density at radius 2 is 1.69 bits per heavy atom. The fraction of sp³-hybridized carbons (Fsp3) is 0.370. The lowest BCUT2D eigenvalue weighted by Crippen LogP contribution is -2.43. The number of piperazine rings is 1. The lowest BCUT2D eigenvalue weighted by molar-refractivity contribution is 0.102. The third-order valence-electron chi connectivity index (χ3n) is 6.98. The van der Waals surface area contributed by atoms with Crippen molar-refractivity contribution in [3.8, 4) is 0 Å². The van der Waals surface area contributed by atoms with Crippen molar-refractivity contribution < 1.29 is 9.59 Å². The molecule has 2 saturated heterocycles. The number of carbonyl (C=O) groups excluding carboxylic acids is 2. The number of likely N-dealkylation sites (N-methyl/N-ethyl adjacent to an activating group) is 1. The maximum Gasteiger partial charge on any atom is 0.267 e. The van der Waals surface area contributed by atoms with Gasteiger partial charge in [-0.3, -0.25) is 14.5 Å². The van der Waals surface area contributed by atoms with Crippen LogP contribution >= 0.6 is 46.1 Å². The van der Waals surface area contributed by atoms with E-state index in [-0.39, 0.29) is 11.5 Å². The van der Waals surface area contributed by atoms with Crippen LogP contribution in [-0.4, -0.2) is 72.9 Å². The molecule has 39 heavy (non-hydrogen) atoms. The van der Waals surface area contributed by atoms with Gasteiger partial charge in [0.15, 0.2) is 0 Å². The number of hydrogen-bond acceptors (Lipinski definition) is 7. The summed E-state index contributed by atoms with van der Waals surface area (Å²) in [5.41, 5.74) is 2.26. The highest BCUT2D eigenvalue weighted by Gasteiger charge is 2.26. The number of nitrogens with one attached hydrogen (secondary N) is 2. The molecule has 8 nitrogen and oxygen atoms in total. The highest BCUT2D eigenvalue weighted by atomic mass is 35.5. The fourth-order valence-corrected chi connectivity index (χ4v) is 6.37. The van der Waals surface area contributed by atoms with Crippen molar-refractivity contribution >= 4 is 75.1 Å². The summed E-state index contributed by atoms with van der Waals surface area (Å²) in [7, 11) is 2.12. The number of rotatable bonds is 7. The molecule has 0 spiro atoms. The molecule has 2 fully saturated rings. The van der Waals surface area contributed by atoms with Crippen LogP contribution in [0.5, 0.6) is 0 Å². The van der Waals surface area contributed by atoms with Gasteiger partial charge < -0.3 is 20.4 Å². The lowest BCUT2D eigenvalue weighted by atomic mass is 10.1. The van der Waals surface area contributed by atoms with E-state index < -0.39 is 5.91 Å². The molecule has 0 radical (unpaired) electrons. The minimum absolute atomic E-state index is 0.236. The molecule has 2 aliphatic rings. The summed E-state index contributed by atoms with van der Waals surface area (Å²) in [5, 5.41) is 9.03. The van der Waals surface area contributed by atoms with E-state index in [1.807, 2.05) is 5.38 Å². The van der Waals surface area contributed by atoms with Gasteiger partial charge in [-0.05, 0) is 55.1 Å². The van der Waals surface area contributed by atoms with Crippen LogP contribution in [0.15, 0.2) is 35.8 Å². The second-order valence-electron chi connectivity index (χ2n) is 9.80. The summed E-state index contributed by atoms with van der Waals surface area (Å²) in [6, 6.07) is 6.59. The van der Waals surface area contributed by atoms with Crippen molar-refractivity contribution in [2.24, 2.45) is 0 Å². The zero-order valence-corrected chi connectivity index (χ0v) is 24.6. The summed E-state index contributed by atoms with van der Waals surface area (Å²) in [4.78, 5) is 38.4. The predicted octanol–water partition coefficient (Wildman–Crippen LogP) is 5.96. The summed E-state index contributed by atoms with van der Waals surface area (Å²) in [5.74, 6) is -0.480. The number of nitrogens with zero attached hydrogens (tertiary/aromatic N) is 4. The summed E-state index contributed by atoms with van der Waals surface area (Å²) >= 11 is 20.4. The van der Waals surface area contributed by atoms with Gasteiger partial charge >= 0.3 is 0 Å². The SMILES string of the molecule is CN1CCN(Cc2csc(C(=O)Nc3c(C(=O)Nc4ccc(Cl)cn4)cc(Cl)cc3N3CCCC3)c2Cl)CC1. The first-order chi connectivity index (χ1) is 18.8. The molecule has 2 N–H and O–H groups in total. The van der Waals surface area contributed by atoms with Gasteiger partial charge in [-0.2, -0.15) is 0 Å². The molecule has 2 aliphatic heterocycles. The first kappa shape index (κ1) is 28.1. The van der Waals surface area contributed by atoms with Crippen LogP contribution in [-0.2, 0) is 6.54 Å². The van der Waals surface area contributed by atoms with Gasteiger partial charge in [0.1, 0.15) is 10.7 Å². The molecule has 3 aromatic rings. The van der Waals surface area contributed by atoms with E-state index in [4.69, 9.17) is 34.8 Å². The molecule has 0 atom stereocenters. The monoisotopic (exact) mass is 606 g/mol. The molecule has 2 aromatic heterocycles. The van der Waals surface area contributed by atoms with Crippen LogP contribution in [0.4, 0.5) is 17.2 Å². The van der Waals surface area contributed by atoms with Gasteiger partial charge in [0.25, 0.3) is 11.8 Å². The Morgan fingerprint density at radius 1 is 0.949 bits per heavy atom. The first-order valence-electron chi connectivity index (χ1n) is 12.8. The molecule has 0 saturated carbocycles. The van der Waals surface area contributed by atoms with Crippen LogP contribution in [0.1, 0.15) is 38.4 Å². The second kappa shape index (κ2) is 12.4. The standard InChI is InChI=1S/C27H29Cl3N6O2S/c1-34-8-10-35(11-9-34)15-17-16-39-25(23(17)30)27(38)33-24-20(26(37)32-22-5-4-18(28)14-31-22)12-19(29)13-21(24)36-6-2-3-7-36/h4-5,12-14,16H,2-3,6-11,15H2,1H3,(H,33,38)(H,31,32,37). The number of hydrogen-bond donors (Lipinski definition) is 2.